The van der Waals surface area contributed by atoms with E-state index in [0.29, 0.717) is 6.73 Å². The molecule has 0 radical (unpaired) electrons. The number of ether oxygens (including phenoxy) is 3. The van der Waals surface area contributed by atoms with Gasteiger partial charge in [0, 0.05) is 13.1 Å². The molecule has 0 atom stereocenters. The van der Waals surface area contributed by atoms with Crippen molar-refractivity contribution in [1.29, 1.82) is 0 Å². The highest BCUT2D eigenvalue weighted by atomic mass is 16.5. The van der Waals surface area contributed by atoms with Crippen LogP contribution in [-0.4, -0.2) is 38.9 Å². The summed E-state index contributed by atoms with van der Waals surface area (Å²) in [6, 6.07) is 12.5. The Balaban J connectivity index is 1.68. The van der Waals surface area contributed by atoms with Crippen LogP contribution in [-0.2, 0) is 12.8 Å². The van der Waals surface area contributed by atoms with Gasteiger partial charge in [0.2, 0.25) is 0 Å². The topological polar surface area (TPSA) is 30.9 Å². The van der Waals surface area contributed by atoms with Crippen LogP contribution in [0.4, 0.5) is 0 Å². The number of hydrogen-bond donors (Lipinski definition) is 0. The second-order valence-corrected chi connectivity index (χ2v) is 6.84. The third-order valence-corrected chi connectivity index (χ3v) is 5.08. The Bertz CT molecular complexity index is 723. The number of rotatable bonds is 8. The molecule has 0 N–H and O–H groups in total. The molecule has 0 saturated carbocycles. The first-order chi connectivity index (χ1) is 12.7. The third kappa shape index (κ3) is 4.50. The van der Waals surface area contributed by atoms with Crippen molar-refractivity contribution < 1.29 is 14.2 Å². The summed E-state index contributed by atoms with van der Waals surface area (Å²) in [6.45, 7) is 5.14. The quantitative estimate of drug-likeness (QED) is 0.709. The van der Waals surface area contributed by atoms with Crippen LogP contribution in [0.15, 0.2) is 36.4 Å². The van der Waals surface area contributed by atoms with Crippen molar-refractivity contribution >= 4 is 0 Å². The van der Waals surface area contributed by atoms with Crippen molar-refractivity contribution in [2.24, 2.45) is 0 Å². The fourth-order valence-corrected chi connectivity index (χ4v) is 3.51. The Morgan fingerprint density at radius 2 is 1.65 bits per heavy atom. The molecule has 0 aliphatic carbocycles. The molecule has 1 heterocycles. The highest BCUT2D eigenvalue weighted by Crippen LogP contribution is 2.29. The fourth-order valence-electron chi connectivity index (χ4n) is 3.51. The minimum absolute atomic E-state index is 0.687. The van der Waals surface area contributed by atoms with Crippen molar-refractivity contribution in [3.8, 4) is 17.2 Å². The first-order valence-corrected chi connectivity index (χ1v) is 9.36. The summed E-state index contributed by atoms with van der Waals surface area (Å²) >= 11 is 0. The van der Waals surface area contributed by atoms with Crippen molar-refractivity contribution in [3.63, 3.8) is 0 Å². The normalized spacial score (nSPS) is 14.4. The van der Waals surface area contributed by atoms with Gasteiger partial charge in [0.15, 0.2) is 11.5 Å². The van der Waals surface area contributed by atoms with Gasteiger partial charge in [0.1, 0.15) is 12.5 Å². The number of methoxy groups -OCH3 is 2. The lowest BCUT2D eigenvalue weighted by Gasteiger charge is -2.19. The van der Waals surface area contributed by atoms with Gasteiger partial charge in [0.05, 0.1) is 14.2 Å². The molecule has 4 nitrogen and oxygen atoms in total. The van der Waals surface area contributed by atoms with E-state index in [2.05, 4.69) is 42.2 Å². The zero-order valence-corrected chi connectivity index (χ0v) is 16.1. The highest BCUT2D eigenvalue weighted by molar-refractivity contribution is 5.44. The van der Waals surface area contributed by atoms with Crippen molar-refractivity contribution in [1.82, 2.24) is 4.90 Å². The molecule has 1 aliphatic heterocycles. The van der Waals surface area contributed by atoms with Crippen LogP contribution in [0.2, 0.25) is 0 Å². The molecule has 1 aliphatic rings. The van der Waals surface area contributed by atoms with E-state index >= 15 is 0 Å². The number of benzene rings is 2. The molecule has 0 aromatic heterocycles. The molecule has 0 unspecified atom stereocenters. The molecule has 0 bridgehead atoms. The summed E-state index contributed by atoms with van der Waals surface area (Å²) in [5.74, 6) is 2.56. The van der Waals surface area contributed by atoms with E-state index in [9.17, 15) is 0 Å². The van der Waals surface area contributed by atoms with Gasteiger partial charge >= 0.3 is 0 Å². The second kappa shape index (κ2) is 8.95. The van der Waals surface area contributed by atoms with Crippen LogP contribution in [0, 0.1) is 6.92 Å². The van der Waals surface area contributed by atoms with Gasteiger partial charge in [-0.3, -0.25) is 4.90 Å². The monoisotopic (exact) mass is 355 g/mol. The number of likely N-dealkylation sites (tertiary alicyclic amines) is 1. The van der Waals surface area contributed by atoms with E-state index in [1.807, 2.05) is 6.07 Å². The Morgan fingerprint density at radius 1 is 0.885 bits per heavy atom. The van der Waals surface area contributed by atoms with Gasteiger partial charge in [-0.05, 0) is 67.5 Å². The molecule has 26 heavy (non-hydrogen) atoms. The molecule has 2 aromatic carbocycles. The summed E-state index contributed by atoms with van der Waals surface area (Å²) in [6.07, 6.45) is 4.44. The fraction of sp³-hybridized carbons (Fsp3) is 0.455. The predicted octanol–water partition coefficient (Wildman–Crippen LogP) is 4.23. The second-order valence-electron chi connectivity index (χ2n) is 6.84. The van der Waals surface area contributed by atoms with Gasteiger partial charge in [-0.25, -0.2) is 0 Å². The molecular formula is C22H29NO3. The molecular weight excluding hydrogens is 326 g/mol. The van der Waals surface area contributed by atoms with Crippen LogP contribution < -0.4 is 14.2 Å². The number of hydrogen-bond acceptors (Lipinski definition) is 4. The molecule has 0 amide bonds. The lowest BCUT2D eigenvalue weighted by atomic mass is 9.99. The lowest BCUT2D eigenvalue weighted by Crippen LogP contribution is -2.24. The first kappa shape index (κ1) is 18.6. The minimum atomic E-state index is 0.687. The van der Waals surface area contributed by atoms with Crippen molar-refractivity contribution in [2.75, 3.05) is 34.0 Å². The number of nitrogens with zero attached hydrogens (tertiary/aromatic N) is 1. The van der Waals surface area contributed by atoms with Crippen LogP contribution in [0.1, 0.15) is 29.5 Å². The standard InChI is InChI=1S/C22H29NO3/c1-17-7-6-8-20(26-16-23-13-4-5-14-23)19(17)11-9-18-10-12-21(24-2)22(15-18)25-3/h6-8,10,12,15H,4-5,9,11,13-14,16H2,1-3H3. The Labute approximate surface area is 156 Å². The average molecular weight is 355 g/mol. The zero-order valence-electron chi connectivity index (χ0n) is 16.1. The van der Waals surface area contributed by atoms with Gasteiger partial charge < -0.3 is 14.2 Å². The van der Waals surface area contributed by atoms with E-state index in [4.69, 9.17) is 14.2 Å². The first-order valence-electron chi connectivity index (χ1n) is 9.36. The predicted molar refractivity (Wildman–Crippen MR) is 104 cm³/mol. The van der Waals surface area contributed by atoms with Crippen molar-refractivity contribution in [3.05, 3.63) is 53.1 Å². The maximum absolute atomic E-state index is 6.15. The summed E-state index contributed by atoms with van der Waals surface area (Å²) in [4.78, 5) is 2.38. The molecule has 4 heteroatoms. The van der Waals surface area contributed by atoms with E-state index in [1.165, 1.54) is 29.5 Å². The number of aryl methyl sites for hydroxylation is 2. The largest absolute Gasteiger partial charge is 0.493 e. The zero-order chi connectivity index (χ0) is 18.4. The van der Waals surface area contributed by atoms with Crippen LogP contribution in [0.5, 0.6) is 17.2 Å². The van der Waals surface area contributed by atoms with E-state index < -0.39 is 0 Å². The molecule has 140 valence electrons. The minimum Gasteiger partial charge on any atom is -0.493 e. The highest BCUT2D eigenvalue weighted by Gasteiger charge is 2.14. The van der Waals surface area contributed by atoms with Gasteiger partial charge in [-0.1, -0.05) is 18.2 Å². The van der Waals surface area contributed by atoms with Crippen LogP contribution >= 0.6 is 0 Å². The van der Waals surface area contributed by atoms with Crippen LogP contribution in [0.25, 0.3) is 0 Å². The summed E-state index contributed by atoms with van der Waals surface area (Å²) in [5, 5.41) is 0. The molecule has 1 saturated heterocycles. The van der Waals surface area contributed by atoms with E-state index in [0.717, 1.165) is 43.2 Å². The van der Waals surface area contributed by atoms with Gasteiger partial charge in [0.25, 0.3) is 0 Å². The van der Waals surface area contributed by atoms with E-state index in [1.54, 1.807) is 14.2 Å². The molecule has 2 aromatic rings. The third-order valence-electron chi connectivity index (χ3n) is 5.08. The van der Waals surface area contributed by atoms with E-state index in [-0.39, 0.29) is 0 Å². The molecule has 3 rings (SSSR count). The lowest BCUT2D eigenvalue weighted by molar-refractivity contribution is 0.151. The van der Waals surface area contributed by atoms with Gasteiger partial charge in [-0.2, -0.15) is 0 Å². The summed E-state index contributed by atoms with van der Waals surface area (Å²) < 4.78 is 16.9. The van der Waals surface area contributed by atoms with Crippen LogP contribution in [0.3, 0.4) is 0 Å². The SMILES string of the molecule is COc1ccc(CCc2c(C)cccc2OCN2CCCC2)cc1OC. The Morgan fingerprint density at radius 3 is 2.38 bits per heavy atom. The summed E-state index contributed by atoms with van der Waals surface area (Å²) in [7, 11) is 3.34. The Kier molecular flexibility index (Phi) is 6.40. The molecule has 1 fully saturated rings. The Hall–Kier alpha value is -2.20. The van der Waals surface area contributed by atoms with Crippen molar-refractivity contribution in [2.45, 2.75) is 32.6 Å². The maximum Gasteiger partial charge on any atom is 0.160 e. The van der Waals surface area contributed by atoms with Gasteiger partial charge in [-0.15, -0.1) is 0 Å². The smallest absolute Gasteiger partial charge is 0.160 e. The average Bonchev–Trinajstić information content (AvgIpc) is 3.19. The summed E-state index contributed by atoms with van der Waals surface area (Å²) in [5.41, 5.74) is 3.81. The molecule has 0 spiro atoms. The maximum atomic E-state index is 6.15.